The van der Waals surface area contributed by atoms with Crippen molar-refractivity contribution in [1.82, 2.24) is 20.2 Å². The highest BCUT2D eigenvalue weighted by Crippen LogP contribution is 2.11. The molecule has 2 aromatic heterocycles. The van der Waals surface area contributed by atoms with E-state index in [1.807, 2.05) is 9.95 Å². The molecule has 0 aliphatic heterocycles. The number of imidazole rings is 1. The van der Waals surface area contributed by atoms with Gasteiger partial charge in [0.2, 0.25) is 5.91 Å². The minimum absolute atomic E-state index is 0.254. The summed E-state index contributed by atoms with van der Waals surface area (Å²) in [5, 5.41) is 7.42. The number of nitrogens with zero attached hydrogens (tertiary/aromatic N) is 2. The molecule has 0 aliphatic rings. The maximum absolute atomic E-state index is 12.4. The summed E-state index contributed by atoms with van der Waals surface area (Å²) in [4.78, 5) is 29.2. The Morgan fingerprint density at radius 3 is 2.88 bits per heavy atom. The maximum Gasteiger partial charge on any atom is 0.262 e. The molecule has 0 radical (unpaired) electrons. The molecule has 2 amide bonds. The molecule has 8 heteroatoms. The fraction of sp³-hybridized carbons (Fsp3) is 0.438. The van der Waals surface area contributed by atoms with E-state index in [0.29, 0.717) is 24.6 Å². The quantitative estimate of drug-likeness (QED) is 0.754. The van der Waals surface area contributed by atoms with E-state index in [-0.39, 0.29) is 11.8 Å². The van der Waals surface area contributed by atoms with Gasteiger partial charge in [0.05, 0.1) is 30.1 Å². The molecule has 0 saturated carbocycles. The van der Waals surface area contributed by atoms with Crippen LogP contribution in [0.25, 0.3) is 0 Å². The molecular weight excluding hydrogens is 328 g/mol. The van der Waals surface area contributed by atoms with Crippen LogP contribution >= 0.6 is 11.3 Å². The Balaban J connectivity index is 1.91. The van der Waals surface area contributed by atoms with E-state index >= 15 is 0 Å². The molecule has 0 aliphatic carbocycles. The van der Waals surface area contributed by atoms with Crippen molar-refractivity contribution < 1.29 is 14.3 Å². The number of thiophene rings is 1. The molecule has 0 bridgehead atoms. The highest BCUT2D eigenvalue weighted by atomic mass is 32.1. The zero-order valence-corrected chi connectivity index (χ0v) is 14.9. The van der Waals surface area contributed by atoms with Gasteiger partial charge in [0.25, 0.3) is 5.91 Å². The van der Waals surface area contributed by atoms with Crippen LogP contribution in [-0.4, -0.2) is 40.6 Å². The molecule has 2 rings (SSSR count). The van der Waals surface area contributed by atoms with Gasteiger partial charge in [-0.3, -0.25) is 9.59 Å². The zero-order chi connectivity index (χ0) is 17.6. The molecular formula is C16H22N4O3S. The summed E-state index contributed by atoms with van der Waals surface area (Å²) in [6, 6.07) is 3.52. The van der Waals surface area contributed by atoms with E-state index < -0.39 is 5.54 Å². The summed E-state index contributed by atoms with van der Waals surface area (Å²) < 4.78 is 6.96. The van der Waals surface area contributed by atoms with Gasteiger partial charge in [0.1, 0.15) is 5.54 Å². The summed E-state index contributed by atoms with van der Waals surface area (Å²) >= 11 is 1.34. The van der Waals surface area contributed by atoms with Crippen molar-refractivity contribution in [3.8, 4) is 0 Å². The lowest BCUT2D eigenvalue weighted by Crippen LogP contribution is -2.54. The van der Waals surface area contributed by atoms with Gasteiger partial charge >= 0.3 is 0 Å². The van der Waals surface area contributed by atoms with Crippen molar-refractivity contribution in [2.24, 2.45) is 0 Å². The number of rotatable bonds is 8. The Hall–Kier alpha value is -2.19. The Kier molecular flexibility index (Phi) is 6.10. The van der Waals surface area contributed by atoms with Crippen molar-refractivity contribution in [3.05, 3.63) is 40.6 Å². The second-order valence-electron chi connectivity index (χ2n) is 5.81. The molecule has 7 nitrogen and oxygen atoms in total. The van der Waals surface area contributed by atoms with Crippen LogP contribution in [0.2, 0.25) is 0 Å². The van der Waals surface area contributed by atoms with Crippen LogP contribution in [0, 0.1) is 0 Å². The topological polar surface area (TPSA) is 85.2 Å². The average molecular weight is 350 g/mol. The number of aromatic nitrogens is 2. The van der Waals surface area contributed by atoms with Crippen molar-refractivity contribution in [3.63, 3.8) is 0 Å². The highest BCUT2D eigenvalue weighted by Gasteiger charge is 2.30. The maximum atomic E-state index is 12.4. The van der Waals surface area contributed by atoms with E-state index in [4.69, 9.17) is 4.74 Å². The number of hydrogen-bond donors (Lipinski definition) is 2. The third-order valence-electron chi connectivity index (χ3n) is 3.50. The predicted octanol–water partition coefficient (Wildman–Crippen LogP) is 1.42. The lowest BCUT2D eigenvalue weighted by Gasteiger charge is -2.25. The van der Waals surface area contributed by atoms with Gasteiger partial charge in [-0.25, -0.2) is 4.98 Å². The molecule has 2 aromatic rings. The van der Waals surface area contributed by atoms with Gasteiger partial charge in [0.15, 0.2) is 0 Å². The molecule has 0 atom stereocenters. The molecule has 0 saturated heterocycles. The van der Waals surface area contributed by atoms with Gasteiger partial charge in [-0.05, 0) is 25.3 Å². The summed E-state index contributed by atoms with van der Waals surface area (Å²) in [5.41, 5.74) is -0.140. The molecule has 2 N–H and O–H groups in total. The first-order valence-electron chi connectivity index (χ1n) is 7.56. The smallest absolute Gasteiger partial charge is 0.262 e. The fourth-order valence-electron chi connectivity index (χ4n) is 2.09. The normalized spacial score (nSPS) is 11.3. The monoisotopic (exact) mass is 350 g/mol. The lowest BCUT2D eigenvalue weighted by molar-refractivity contribution is -0.126. The van der Waals surface area contributed by atoms with Crippen molar-refractivity contribution in [1.29, 1.82) is 0 Å². The first-order valence-corrected chi connectivity index (χ1v) is 8.44. The number of hydrogen-bond acceptors (Lipinski definition) is 5. The van der Waals surface area contributed by atoms with Gasteiger partial charge in [-0.15, -0.1) is 11.3 Å². The van der Waals surface area contributed by atoms with Crippen LogP contribution in [0.15, 0.2) is 30.0 Å². The van der Waals surface area contributed by atoms with E-state index in [1.54, 1.807) is 45.6 Å². The Labute approximate surface area is 145 Å². The number of carbonyl (C=O) groups excluding carboxylic acids is 2. The number of amides is 2. The van der Waals surface area contributed by atoms with Gasteiger partial charge in [-0.1, -0.05) is 6.07 Å². The van der Waals surface area contributed by atoms with E-state index in [0.717, 1.165) is 5.69 Å². The molecule has 0 unspecified atom stereocenters. The minimum atomic E-state index is -1.02. The Morgan fingerprint density at radius 1 is 1.42 bits per heavy atom. The third-order valence-corrected chi connectivity index (χ3v) is 4.37. The van der Waals surface area contributed by atoms with Gasteiger partial charge in [0, 0.05) is 19.9 Å². The van der Waals surface area contributed by atoms with Crippen LogP contribution in [0.1, 0.15) is 29.2 Å². The third kappa shape index (κ3) is 4.65. The zero-order valence-electron chi connectivity index (χ0n) is 14.0. The van der Waals surface area contributed by atoms with E-state index in [2.05, 4.69) is 15.6 Å². The van der Waals surface area contributed by atoms with Crippen LogP contribution in [0.5, 0.6) is 0 Å². The number of ether oxygens (including phenoxy) is 1. The number of nitrogens with one attached hydrogen (secondary N) is 2. The molecule has 0 aromatic carbocycles. The summed E-state index contributed by atoms with van der Waals surface area (Å²) in [6.45, 7) is 4.92. The van der Waals surface area contributed by atoms with Crippen LogP contribution < -0.4 is 10.6 Å². The van der Waals surface area contributed by atoms with Crippen molar-refractivity contribution in [2.75, 3.05) is 13.7 Å². The summed E-state index contributed by atoms with van der Waals surface area (Å²) in [6.07, 6.45) is 3.40. The number of methoxy groups -OCH3 is 1. The predicted molar refractivity (Wildman–Crippen MR) is 91.8 cm³/mol. The van der Waals surface area contributed by atoms with Crippen molar-refractivity contribution in [2.45, 2.75) is 32.5 Å². The van der Waals surface area contributed by atoms with Crippen LogP contribution in [0.3, 0.4) is 0 Å². The molecule has 24 heavy (non-hydrogen) atoms. The largest absolute Gasteiger partial charge is 0.383 e. The van der Waals surface area contributed by atoms with Gasteiger partial charge < -0.3 is 19.9 Å². The average Bonchev–Trinajstić information content (AvgIpc) is 3.21. The molecule has 0 fully saturated rings. The Bertz CT molecular complexity index is 679. The second-order valence-corrected chi connectivity index (χ2v) is 6.76. The SMILES string of the molecule is COCCn1cncc1CNC(=O)C(C)(C)NC(=O)c1cccs1. The van der Waals surface area contributed by atoms with E-state index in [9.17, 15) is 9.59 Å². The molecule has 2 heterocycles. The first-order chi connectivity index (χ1) is 11.4. The minimum Gasteiger partial charge on any atom is -0.383 e. The Morgan fingerprint density at radius 2 is 2.21 bits per heavy atom. The van der Waals surface area contributed by atoms with Crippen molar-refractivity contribution >= 4 is 23.2 Å². The number of carbonyl (C=O) groups is 2. The van der Waals surface area contributed by atoms with Gasteiger partial charge in [-0.2, -0.15) is 0 Å². The van der Waals surface area contributed by atoms with Crippen LogP contribution in [-0.2, 0) is 22.6 Å². The second kappa shape index (κ2) is 8.07. The van der Waals surface area contributed by atoms with Crippen LogP contribution in [0.4, 0.5) is 0 Å². The standard InChI is InChI=1S/C16H22N4O3S/c1-16(2,19-14(21)13-5-4-8-24-13)15(22)18-10-12-9-17-11-20(12)6-7-23-3/h4-5,8-9,11H,6-7,10H2,1-3H3,(H,18,22)(H,19,21). The summed E-state index contributed by atoms with van der Waals surface area (Å²) in [5.74, 6) is -0.512. The van der Waals surface area contributed by atoms with E-state index in [1.165, 1.54) is 11.3 Å². The summed E-state index contributed by atoms with van der Waals surface area (Å²) in [7, 11) is 1.64. The molecule has 130 valence electrons. The fourth-order valence-corrected chi connectivity index (χ4v) is 2.71. The lowest BCUT2D eigenvalue weighted by atomic mass is 10.0. The highest BCUT2D eigenvalue weighted by molar-refractivity contribution is 7.12. The molecule has 0 spiro atoms. The first kappa shape index (κ1) is 18.2.